The average molecular weight is 289 g/mol. The molecule has 0 spiro atoms. The Morgan fingerprint density at radius 3 is 2.72 bits per heavy atom. The van der Waals surface area contributed by atoms with E-state index in [1.54, 1.807) is 18.2 Å². The van der Waals surface area contributed by atoms with E-state index in [1.807, 2.05) is 0 Å². The van der Waals surface area contributed by atoms with Crippen molar-refractivity contribution in [1.29, 1.82) is 0 Å². The molecule has 0 radical (unpaired) electrons. The Morgan fingerprint density at radius 2 is 2.11 bits per heavy atom. The SMILES string of the molecule is O=C(CC1COCCN1)Nc1cc(Cl)cc(Cl)c1. The lowest BCUT2D eigenvalue weighted by Crippen LogP contribution is -2.43. The summed E-state index contributed by atoms with van der Waals surface area (Å²) in [5.41, 5.74) is 0.606. The number of hydrogen-bond donors (Lipinski definition) is 2. The van der Waals surface area contributed by atoms with E-state index >= 15 is 0 Å². The molecule has 0 aliphatic carbocycles. The number of nitrogens with one attached hydrogen (secondary N) is 2. The van der Waals surface area contributed by atoms with Crippen LogP contribution >= 0.6 is 23.2 Å². The van der Waals surface area contributed by atoms with Gasteiger partial charge in [-0.25, -0.2) is 0 Å². The van der Waals surface area contributed by atoms with Crippen LogP contribution in [-0.4, -0.2) is 31.7 Å². The molecule has 0 saturated carbocycles. The number of morpholine rings is 1. The van der Waals surface area contributed by atoms with E-state index in [-0.39, 0.29) is 11.9 Å². The molecule has 1 saturated heterocycles. The van der Waals surface area contributed by atoms with Crippen LogP contribution in [0.25, 0.3) is 0 Å². The molecular formula is C12H14Cl2N2O2. The Kier molecular flexibility index (Phi) is 4.83. The van der Waals surface area contributed by atoms with Crippen molar-refractivity contribution < 1.29 is 9.53 Å². The molecule has 18 heavy (non-hydrogen) atoms. The van der Waals surface area contributed by atoms with Crippen molar-refractivity contribution >= 4 is 34.8 Å². The van der Waals surface area contributed by atoms with Crippen LogP contribution in [-0.2, 0) is 9.53 Å². The molecule has 1 aliphatic rings. The van der Waals surface area contributed by atoms with Crippen LogP contribution in [0, 0.1) is 0 Å². The Bertz CT molecular complexity index is 414. The summed E-state index contributed by atoms with van der Waals surface area (Å²) in [4.78, 5) is 11.8. The number of amides is 1. The molecule has 0 aromatic heterocycles. The van der Waals surface area contributed by atoms with E-state index in [0.29, 0.717) is 35.4 Å². The first-order valence-corrected chi connectivity index (χ1v) is 6.46. The Hall–Kier alpha value is -0.810. The standard InChI is InChI=1S/C12H14Cl2N2O2/c13-8-3-9(14)5-10(4-8)16-12(17)6-11-7-18-2-1-15-11/h3-5,11,15H,1-2,6-7H2,(H,16,17). The fourth-order valence-electron chi connectivity index (χ4n) is 1.81. The summed E-state index contributed by atoms with van der Waals surface area (Å²) in [6.07, 6.45) is 0.365. The van der Waals surface area contributed by atoms with Gasteiger partial charge in [-0.1, -0.05) is 23.2 Å². The molecular weight excluding hydrogens is 275 g/mol. The van der Waals surface area contributed by atoms with Gasteiger partial charge in [-0.15, -0.1) is 0 Å². The molecule has 1 aromatic rings. The lowest BCUT2D eigenvalue weighted by atomic mass is 10.2. The first kappa shape index (κ1) is 13.6. The zero-order valence-corrected chi connectivity index (χ0v) is 11.2. The number of carbonyl (C=O) groups excluding carboxylic acids is 1. The largest absolute Gasteiger partial charge is 0.378 e. The maximum Gasteiger partial charge on any atom is 0.226 e. The number of rotatable bonds is 3. The van der Waals surface area contributed by atoms with Crippen LogP contribution in [0.2, 0.25) is 10.0 Å². The highest BCUT2D eigenvalue weighted by Crippen LogP contribution is 2.22. The number of anilines is 1. The van der Waals surface area contributed by atoms with Gasteiger partial charge in [-0.3, -0.25) is 4.79 Å². The van der Waals surface area contributed by atoms with Crippen molar-refractivity contribution in [3.63, 3.8) is 0 Å². The van der Waals surface area contributed by atoms with Crippen LogP contribution in [0.3, 0.4) is 0 Å². The van der Waals surface area contributed by atoms with Crippen molar-refractivity contribution in [3.05, 3.63) is 28.2 Å². The van der Waals surface area contributed by atoms with Crippen molar-refractivity contribution in [2.45, 2.75) is 12.5 Å². The molecule has 6 heteroatoms. The van der Waals surface area contributed by atoms with Crippen molar-refractivity contribution in [2.75, 3.05) is 25.1 Å². The number of hydrogen-bond acceptors (Lipinski definition) is 3. The fraction of sp³-hybridized carbons (Fsp3) is 0.417. The molecule has 1 unspecified atom stereocenters. The fourth-order valence-corrected chi connectivity index (χ4v) is 2.34. The zero-order valence-electron chi connectivity index (χ0n) is 9.71. The second kappa shape index (κ2) is 6.38. The van der Waals surface area contributed by atoms with Gasteiger partial charge in [0.05, 0.1) is 13.2 Å². The summed E-state index contributed by atoms with van der Waals surface area (Å²) in [6, 6.07) is 5.01. The van der Waals surface area contributed by atoms with Crippen molar-refractivity contribution in [2.24, 2.45) is 0 Å². The van der Waals surface area contributed by atoms with Crippen molar-refractivity contribution in [1.82, 2.24) is 5.32 Å². The van der Waals surface area contributed by atoms with Gasteiger partial charge >= 0.3 is 0 Å². The summed E-state index contributed by atoms with van der Waals surface area (Å²) >= 11 is 11.7. The summed E-state index contributed by atoms with van der Waals surface area (Å²) in [5, 5.41) is 6.98. The van der Waals surface area contributed by atoms with Crippen LogP contribution in [0.4, 0.5) is 5.69 Å². The van der Waals surface area contributed by atoms with Gasteiger partial charge in [0.25, 0.3) is 0 Å². The first-order valence-electron chi connectivity index (χ1n) is 5.70. The van der Waals surface area contributed by atoms with E-state index < -0.39 is 0 Å². The highest BCUT2D eigenvalue weighted by molar-refractivity contribution is 6.35. The quantitative estimate of drug-likeness (QED) is 0.897. The van der Waals surface area contributed by atoms with E-state index in [9.17, 15) is 4.79 Å². The van der Waals surface area contributed by atoms with Crippen LogP contribution < -0.4 is 10.6 Å². The minimum Gasteiger partial charge on any atom is -0.378 e. The van der Waals surface area contributed by atoms with Gasteiger partial charge in [0.15, 0.2) is 0 Å². The first-order chi connectivity index (χ1) is 8.63. The maximum atomic E-state index is 11.8. The Balaban J connectivity index is 1.89. The number of carbonyl (C=O) groups is 1. The van der Waals surface area contributed by atoms with E-state index in [0.717, 1.165) is 6.54 Å². The average Bonchev–Trinajstić information content (AvgIpc) is 2.28. The summed E-state index contributed by atoms with van der Waals surface area (Å²) in [6.45, 7) is 2.03. The smallest absolute Gasteiger partial charge is 0.226 e. The molecule has 0 bridgehead atoms. The molecule has 1 aliphatic heterocycles. The van der Waals surface area contributed by atoms with Gasteiger partial charge in [0, 0.05) is 34.7 Å². The van der Waals surface area contributed by atoms with E-state index in [2.05, 4.69) is 10.6 Å². The van der Waals surface area contributed by atoms with E-state index in [4.69, 9.17) is 27.9 Å². The van der Waals surface area contributed by atoms with Gasteiger partial charge in [0.1, 0.15) is 0 Å². The third-order valence-corrected chi connectivity index (χ3v) is 3.01. The molecule has 1 aromatic carbocycles. The number of ether oxygens (including phenoxy) is 1. The molecule has 98 valence electrons. The second-order valence-electron chi connectivity index (χ2n) is 4.14. The second-order valence-corrected chi connectivity index (χ2v) is 5.01. The predicted molar refractivity (Wildman–Crippen MR) is 72.3 cm³/mol. The summed E-state index contributed by atoms with van der Waals surface area (Å²) in [7, 11) is 0. The molecule has 2 rings (SSSR count). The normalized spacial score (nSPS) is 19.6. The summed E-state index contributed by atoms with van der Waals surface area (Å²) in [5.74, 6) is -0.0867. The highest BCUT2D eigenvalue weighted by atomic mass is 35.5. The minimum atomic E-state index is -0.0867. The van der Waals surface area contributed by atoms with Crippen LogP contribution in [0.5, 0.6) is 0 Å². The van der Waals surface area contributed by atoms with E-state index in [1.165, 1.54) is 0 Å². The topological polar surface area (TPSA) is 50.4 Å². The lowest BCUT2D eigenvalue weighted by Gasteiger charge is -2.23. The predicted octanol–water partition coefficient (Wildman–Crippen LogP) is 2.31. The third-order valence-electron chi connectivity index (χ3n) is 2.58. The Labute approximate surface area is 116 Å². The Morgan fingerprint density at radius 1 is 1.39 bits per heavy atom. The molecule has 1 atom stereocenters. The maximum absolute atomic E-state index is 11.8. The zero-order chi connectivity index (χ0) is 13.0. The molecule has 2 N–H and O–H groups in total. The van der Waals surface area contributed by atoms with Gasteiger partial charge < -0.3 is 15.4 Å². The van der Waals surface area contributed by atoms with Gasteiger partial charge in [-0.2, -0.15) is 0 Å². The van der Waals surface area contributed by atoms with Gasteiger partial charge in [-0.05, 0) is 18.2 Å². The van der Waals surface area contributed by atoms with Crippen LogP contribution in [0.15, 0.2) is 18.2 Å². The monoisotopic (exact) mass is 288 g/mol. The highest BCUT2D eigenvalue weighted by Gasteiger charge is 2.16. The minimum absolute atomic E-state index is 0.0633. The third kappa shape index (κ3) is 4.14. The number of benzene rings is 1. The van der Waals surface area contributed by atoms with Crippen LogP contribution in [0.1, 0.15) is 6.42 Å². The molecule has 4 nitrogen and oxygen atoms in total. The number of halogens is 2. The lowest BCUT2D eigenvalue weighted by molar-refractivity contribution is -0.117. The molecule has 1 heterocycles. The summed E-state index contributed by atoms with van der Waals surface area (Å²) < 4.78 is 5.29. The van der Waals surface area contributed by atoms with Gasteiger partial charge in [0.2, 0.25) is 5.91 Å². The van der Waals surface area contributed by atoms with Crippen molar-refractivity contribution in [3.8, 4) is 0 Å². The molecule has 1 amide bonds. The molecule has 1 fully saturated rings.